The van der Waals surface area contributed by atoms with E-state index in [9.17, 15) is 13.5 Å². The van der Waals surface area contributed by atoms with Gasteiger partial charge in [-0.15, -0.1) is 0 Å². The molecule has 0 saturated heterocycles. The van der Waals surface area contributed by atoms with Crippen molar-refractivity contribution in [3.8, 4) is 0 Å². The van der Waals surface area contributed by atoms with E-state index < -0.39 is 15.6 Å². The van der Waals surface area contributed by atoms with Gasteiger partial charge < -0.3 is 5.11 Å². The standard InChI is InChI=1S/C12H19NO3S/c1-10(2)12(3,14)9-13-17(15,16)11-7-5-4-6-8-11/h4-8,10,13-14H,9H2,1-3H3. The van der Waals surface area contributed by atoms with Gasteiger partial charge in [-0.25, -0.2) is 13.1 Å². The van der Waals surface area contributed by atoms with Gasteiger partial charge in [0.05, 0.1) is 10.5 Å². The first kappa shape index (κ1) is 14.2. The SMILES string of the molecule is CC(C)C(C)(O)CNS(=O)(=O)c1ccccc1. The van der Waals surface area contributed by atoms with Crippen molar-refractivity contribution in [1.29, 1.82) is 0 Å². The van der Waals surface area contributed by atoms with Crippen LogP contribution in [0, 0.1) is 5.92 Å². The van der Waals surface area contributed by atoms with Crippen LogP contribution in [0.5, 0.6) is 0 Å². The van der Waals surface area contributed by atoms with E-state index in [1.165, 1.54) is 12.1 Å². The highest BCUT2D eigenvalue weighted by atomic mass is 32.2. The molecule has 0 aromatic heterocycles. The molecule has 17 heavy (non-hydrogen) atoms. The smallest absolute Gasteiger partial charge is 0.240 e. The molecule has 0 bridgehead atoms. The van der Waals surface area contributed by atoms with Crippen molar-refractivity contribution < 1.29 is 13.5 Å². The molecule has 1 aromatic carbocycles. The van der Waals surface area contributed by atoms with Crippen LogP contribution in [0.1, 0.15) is 20.8 Å². The molecule has 1 rings (SSSR count). The molecule has 0 heterocycles. The second kappa shape index (κ2) is 5.16. The summed E-state index contributed by atoms with van der Waals surface area (Å²) in [4.78, 5) is 0.208. The molecule has 0 amide bonds. The topological polar surface area (TPSA) is 66.4 Å². The molecule has 5 heteroatoms. The Hall–Kier alpha value is -0.910. The van der Waals surface area contributed by atoms with E-state index in [0.717, 1.165) is 0 Å². The Labute approximate surface area is 103 Å². The first-order chi connectivity index (χ1) is 7.76. The fourth-order valence-corrected chi connectivity index (χ4v) is 2.29. The molecule has 1 aromatic rings. The lowest BCUT2D eigenvalue weighted by atomic mass is 9.93. The predicted molar refractivity (Wildman–Crippen MR) is 67.1 cm³/mol. The van der Waals surface area contributed by atoms with Crippen molar-refractivity contribution in [2.24, 2.45) is 5.92 Å². The van der Waals surface area contributed by atoms with Crippen molar-refractivity contribution in [2.75, 3.05) is 6.54 Å². The maximum atomic E-state index is 11.9. The lowest BCUT2D eigenvalue weighted by molar-refractivity contribution is 0.0190. The molecule has 0 aliphatic carbocycles. The van der Waals surface area contributed by atoms with Crippen LogP contribution in [-0.4, -0.2) is 25.7 Å². The van der Waals surface area contributed by atoms with E-state index >= 15 is 0 Å². The van der Waals surface area contributed by atoms with E-state index in [0.29, 0.717) is 0 Å². The molecule has 0 fully saturated rings. The molecular formula is C12H19NO3S. The van der Waals surface area contributed by atoms with Crippen LogP contribution in [-0.2, 0) is 10.0 Å². The van der Waals surface area contributed by atoms with E-state index in [2.05, 4.69) is 4.72 Å². The molecule has 1 unspecified atom stereocenters. The monoisotopic (exact) mass is 257 g/mol. The summed E-state index contributed by atoms with van der Waals surface area (Å²) in [5.74, 6) is -0.0269. The van der Waals surface area contributed by atoms with Crippen molar-refractivity contribution in [2.45, 2.75) is 31.3 Å². The number of hydrogen-bond acceptors (Lipinski definition) is 3. The zero-order valence-electron chi connectivity index (χ0n) is 10.3. The second-order valence-corrected chi connectivity index (χ2v) is 6.42. The van der Waals surface area contributed by atoms with Crippen LogP contribution in [0.2, 0.25) is 0 Å². The first-order valence-electron chi connectivity index (χ1n) is 5.53. The number of benzene rings is 1. The number of rotatable bonds is 5. The van der Waals surface area contributed by atoms with Crippen LogP contribution in [0.25, 0.3) is 0 Å². The maximum absolute atomic E-state index is 11.9. The highest BCUT2D eigenvalue weighted by Gasteiger charge is 2.27. The highest BCUT2D eigenvalue weighted by Crippen LogP contribution is 2.16. The van der Waals surface area contributed by atoms with E-state index in [1.807, 2.05) is 13.8 Å². The summed E-state index contributed by atoms with van der Waals surface area (Å²) in [6.07, 6.45) is 0. The molecule has 4 nitrogen and oxygen atoms in total. The molecule has 0 spiro atoms. The van der Waals surface area contributed by atoms with Crippen LogP contribution in [0.3, 0.4) is 0 Å². The quantitative estimate of drug-likeness (QED) is 0.837. The molecule has 0 aliphatic rings. The summed E-state index contributed by atoms with van der Waals surface area (Å²) in [6.45, 7) is 5.31. The summed E-state index contributed by atoms with van der Waals surface area (Å²) in [5, 5.41) is 9.98. The summed E-state index contributed by atoms with van der Waals surface area (Å²) >= 11 is 0. The number of sulfonamides is 1. The van der Waals surface area contributed by atoms with E-state index in [4.69, 9.17) is 0 Å². The molecule has 0 radical (unpaired) electrons. The van der Waals surface area contributed by atoms with E-state index in [1.54, 1.807) is 25.1 Å². The third kappa shape index (κ3) is 3.80. The minimum atomic E-state index is -3.54. The zero-order chi connectivity index (χ0) is 13.1. The average Bonchev–Trinajstić information content (AvgIpc) is 2.28. The van der Waals surface area contributed by atoms with Crippen LogP contribution in [0.4, 0.5) is 0 Å². The molecule has 96 valence electrons. The summed E-state index contributed by atoms with van der Waals surface area (Å²) in [7, 11) is -3.54. The molecule has 0 saturated carbocycles. The first-order valence-corrected chi connectivity index (χ1v) is 7.01. The van der Waals surface area contributed by atoms with Crippen molar-refractivity contribution in [1.82, 2.24) is 4.72 Å². The Morgan fingerprint density at radius 1 is 1.29 bits per heavy atom. The lowest BCUT2D eigenvalue weighted by Crippen LogP contribution is -2.44. The lowest BCUT2D eigenvalue weighted by Gasteiger charge is -2.27. The van der Waals surface area contributed by atoms with Gasteiger partial charge >= 0.3 is 0 Å². The van der Waals surface area contributed by atoms with Gasteiger partial charge in [-0.3, -0.25) is 0 Å². The van der Waals surface area contributed by atoms with Gasteiger partial charge in [0.1, 0.15) is 0 Å². The average molecular weight is 257 g/mol. The van der Waals surface area contributed by atoms with Crippen LogP contribution >= 0.6 is 0 Å². The Balaban J connectivity index is 2.77. The molecule has 0 aliphatic heterocycles. The Morgan fingerprint density at radius 2 is 1.82 bits per heavy atom. The molecule has 1 atom stereocenters. The van der Waals surface area contributed by atoms with Crippen molar-refractivity contribution >= 4 is 10.0 Å². The fraction of sp³-hybridized carbons (Fsp3) is 0.500. The predicted octanol–water partition coefficient (Wildman–Crippen LogP) is 1.37. The normalized spacial score (nSPS) is 15.8. The minimum Gasteiger partial charge on any atom is -0.389 e. The summed E-state index contributed by atoms with van der Waals surface area (Å²) in [6, 6.07) is 8.12. The number of nitrogens with one attached hydrogen (secondary N) is 1. The van der Waals surface area contributed by atoms with Crippen molar-refractivity contribution in [3.05, 3.63) is 30.3 Å². The van der Waals surface area contributed by atoms with Crippen molar-refractivity contribution in [3.63, 3.8) is 0 Å². The van der Waals surface area contributed by atoms with Gasteiger partial charge in [0.15, 0.2) is 0 Å². The molecular weight excluding hydrogens is 238 g/mol. The summed E-state index contributed by atoms with van der Waals surface area (Å²) < 4.78 is 26.2. The minimum absolute atomic E-state index is 0.00188. The third-order valence-corrected chi connectivity index (χ3v) is 4.33. The van der Waals surface area contributed by atoms with Gasteiger partial charge in [-0.1, -0.05) is 32.0 Å². The number of aliphatic hydroxyl groups is 1. The Kier molecular flexibility index (Phi) is 4.30. The fourth-order valence-electron chi connectivity index (χ4n) is 1.13. The number of hydrogen-bond donors (Lipinski definition) is 2. The third-order valence-electron chi connectivity index (χ3n) is 2.92. The zero-order valence-corrected chi connectivity index (χ0v) is 11.2. The molecule has 2 N–H and O–H groups in total. The highest BCUT2D eigenvalue weighted by molar-refractivity contribution is 7.89. The van der Waals surface area contributed by atoms with Gasteiger partial charge in [-0.2, -0.15) is 0 Å². The van der Waals surface area contributed by atoms with E-state index in [-0.39, 0.29) is 17.4 Å². The van der Waals surface area contributed by atoms with Gasteiger partial charge in [0, 0.05) is 6.54 Å². The van der Waals surface area contributed by atoms with Crippen LogP contribution < -0.4 is 4.72 Å². The largest absolute Gasteiger partial charge is 0.389 e. The van der Waals surface area contributed by atoms with Gasteiger partial charge in [0.25, 0.3) is 0 Å². The van der Waals surface area contributed by atoms with Gasteiger partial charge in [0.2, 0.25) is 10.0 Å². The Bertz CT molecular complexity index is 452. The summed E-state index contributed by atoms with van der Waals surface area (Å²) in [5.41, 5.74) is -1.05. The Morgan fingerprint density at radius 3 is 2.29 bits per heavy atom. The van der Waals surface area contributed by atoms with Gasteiger partial charge in [-0.05, 0) is 25.0 Å². The maximum Gasteiger partial charge on any atom is 0.240 e. The van der Waals surface area contributed by atoms with Crippen LogP contribution in [0.15, 0.2) is 35.2 Å². The second-order valence-electron chi connectivity index (χ2n) is 4.65.